The molecular formula is C13H11NS. The fraction of sp³-hybridized carbons (Fsp3) is 0.154. The van der Waals surface area contributed by atoms with Crippen molar-refractivity contribution in [3.8, 4) is 0 Å². The first-order valence-electron chi connectivity index (χ1n) is 5.15. The topological polar surface area (TPSA) is 12.4 Å². The molecule has 1 aromatic rings. The zero-order valence-corrected chi connectivity index (χ0v) is 9.13. The summed E-state index contributed by atoms with van der Waals surface area (Å²) in [5.41, 5.74) is 1.43. The van der Waals surface area contributed by atoms with Gasteiger partial charge in [-0.25, -0.2) is 4.40 Å². The Morgan fingerprint density at radius 1 is 1.20 bits per heavy atom. The Labute approximate surface area is 93.1 Å². The largest absolute Gasteiger partial charge is 0.211 e. The Bertz CT molecular complexity index is 566. The Hall–Kier alpha value is -1.28. The fourth-order valence-electron chi connectivity index (χ4n) is 1.87. The summed E-state index contributed by atoms with van der Waals surface area (Å²) in [5.74, 6) is 0. The minimum Gasteiger partial charge on any atom is -0.211 e. The minimum atomic E-state index is 1.09. The van der Waals surface area contributed by atoms with E-state index in [-0.39, 0.29) is 0 Å². The molecule has 74 valence electrons. The second-order valence-corrected chi connectivity index (χ2v) is 4.52. The van der Waals surface area contributed by atoms with Gasteiger partial charge in [0.1, 0.15) is 0 Å². The average Bonchev–Trinajstić information content (AvgIpc) is 2.48. The standard InChI is InChI=1S/C13H11NS/c1-3-7-12-10(5-1)9-11-6-2-4-8-13(11)15-14-12/h1,3-5,7-9H,2,6H2. The van der Waals surface area contributed by atoms with Gasteiger partial charge >= 0.3 is 0 Å². The smallest absolute Gasteiger partial charge is 0.0789 e. The van der Waals surface area contributed by atoms with Crippen molar-refractivity contribution in [3.63, 3.8) is 0 Å². The van der Waals surface area contributed by atoms with Crippen LogP contribution in [0.1, 0.15) is 12.8 Å². The summed E-state index contributed by atoms with van der Waals surface area (Å²) >= 11 is 1.60. The van der Waals surface area contributed by atoms with Crippen LogP contribution in [-0.2, 0) is 0 Å². The first kappa shape index (κ1) is 8.98. The number of hydrogen-bond acceptors (Lipinski definition) is 2. The molecule has 1 aliphatic carbocycles. The number of fused-ring (bicyclic) bond motifs is 1. The van der Waals surface area contributed by atoms with Gasteiger partial charge in [-0.15, -0.1) is 0 Å². The zero-order valence-electron chi connectivity index (χ0n) is 8.31. The Kier molecular flexibility index (Phi) is 2.22. The van der Waals surface area contributed by atoms with Crippen molar-refractivity contribution in [2.75, 3.05) is 0 Å². The van der Waals surface area contributed by atoms with E-state index in [4.69, 9.17) is 0 Å². The van der Waals surface area contributed by atoms with Gasteiger partial charge in [0.25, 0.3) is 0 Å². The van der Waals surface area contributed by atoms with Gasteiger partial charge in [0.05, 0.1) is 5.36 Å². The van der Waals surface area contributed by atoms with Crippen LogP contribution < -0.4 is 10.6 Å². The van der Waals surface area contributed by atoms with E-state index in [1.165, 1.54) is 15.7 Å². The van der Waals surface area contributed by atoms with Gasteiger partial charge < -0.3 is 0 Å². The molecule has 0 N–H and O–H groups in total. The quantitative estimate of drug-likeness (QED) is 0.603. The highest BCUT2D eigenvalue weighted by atomic mass is 32.2. The van der Waals surface area contributed by atoms with E-state index in [1.807, 2.05) is 6.07 Å². The third kappa shape index (κ3) is 1.65. The molecule has 2 aliphatic rings. The molecule has 0 fully saturated rings. The second-order valence-electron chi connectivity index (χ2n) is 3.72. The van der Waals surface area contributed by atoms with Crippen LogP contribution in [0, 0.1) is 0 Å². The van der Waals surface area contributed by atoms with Crippen molar-refractivity contribution in [2.24, 2.45) is 4.40 Å². The van der Waals surface area contributed by atoms with Gasteiger partial charge in [-0.1, -0.05) is 30.4 Å². The minimum absolute atomic E-state index is 1.09. The Morgan fingerprint density at radius 2 is 2.13 bits per heavy atom. The SMILES string of the molecule is C1=CC2=C(C=c3ccccc3=NS2)CC1. The van der Waals surface area contributed by atoms with Gasteiger partial charge in [0.15, 0.2) is 0 Å². The van der Waals surface area contributed by atoms with E-state index < -0.39 is 0 Å². The van der Waals surface area contributed by atoms with E-state index >= 15 is 0 Å². The van der Waals surface area contributed by atoms with Crippen LogP contribution >= 0.6 is 11.9 Å². The fourth-order valence-corrected chi connectivity index (χ4v) is 2.67. The van der Waals surface area contributed by atoms with Crippen LogP contribution in [0.4, 0.5) is 0 Å². The van der Waals surface area contributed by atoms with Crippen LogP contribution in [0.3, 0.4) is 0 Å². The normalized spacial score (nSPS) is 18.4. The molecule has 0 saturated carbocycles. The Morgan fingerprint density at radius 3 is 3.13 bits per heavy atom. The summed E-state index contributed by atoms with van der Waals surface area (Å²) in [7, 11) is 0. The van der Waals surface area contributed by atoms with Gasteiger partial charge in [-0.3, -0.25) is 0 Å². The highest BCUT2D eigenvalue weighted by molar-refractivity contribution is 8.02. The van der Waals surface area contributed by atoms with E-state index in [2.05, 4.69) is 40.8 Å². The lowest BCUT2D eigenvalue weighted by Crippen LogP contribution is -2.22. The molecule has 1 heterocycles. The molecule has 0 radical (unpaired) electrons. The lowest BCUT2D eigenvalue weighted by atomic mass is 10.0. The maximum absolute atomic E-state index is 4.55. The molecule has 0 amide bonds. The van der Waals surface area contributed by atoms with Crippen molar-refractivity contribution in [2.45, 2.75) is 12.8 Å². The molecule has 0 aromatic heterocycles. The predicted molar refractivity (Wildman–Crippen MR) is 64.7 cm³/mol. The van der Waals surface area contributed by atoms with Gasteiger partial charge in [-0.05, 0) is 30.6 Å². The summed E-state index contributed by atoms with van der Waals surface area (Å²) in [6, 6.07) is 8.31. The van der Waals surface area contributed by atoms with Crippen LogP contribution in [0.25, 0.3) is 6.08 Å². The highest BCUT2D eigenvalue weighted by Gasteiger charge is 2.08. The van der Waals surface area contributed by atoms with Crippen molar-refractivity contribution in [1.29, 1.82) is 0 Å². The summed E-state index contributed by atoms with van der Waals surface area (Å²) < 4.78 is 4.55. The third-order valence-electron chi connectivity index (χ3n) is 2.67. The van der Waals surface area contributed by atoms with Gasteiger partial charge in [-0.2, -0.15) is 0 Å². The van der Waals surface area contributed by atoms with E-state index in [0.29, 0.717) is 0 Å². The van der Waals surface area contributed by atoms with E-state index in [1.54, 1.807) is 11.9 Å². The summed E-state index contributed by atoms with van der Waals surface area (Å²) in [6.45, 7) is 0. The lowest BCUT2D eigenvalue weighted by molar-refractivity contribution is 0.999. The van der Waals surface area contributed by atoms with Crippen LogP contribution in [-0.4, -0.2) is 0 Å². The first-order chi connectivity index (χ1) is 7.43. The molecule has 0 saturated heterocycles. The van der Waals surface area contributed by atoms with Crippen molar-refractivity contribution in [3.05, 3.63) is 57.5 Å². The van der Waals surface area contributed by atoms with Crippen LogP contribution in [0.2, 0.25) is 0 Å². The number of nitrogens with zero attached hydrogens (tertiary/aromatic N) is 1. The molecule has 1 aromatic carbocycles. The monoisotopic (exact) mass is 213 g/mol. The third-order valence-corrected chi connectivity index (χ3v) is 3.56. The van der Waals surface area contributed by atoms with E-state index in [9.17, 15) is 0 Å². The summed E-state index contributed by atoms with van der Waals surface area (Å²) in [4.78, 5) is 1.30. The lowest BCUT2D eigenvalue weighted by Gasteiger charge is -2.08. The molecule has 0 bridgehead atoms. The molecule has 2 heteroatoms. The molecule has 3 rings (SSSR count). The number of hydrogen-bond donors (Lipinski definition) is 0. The molecule has 1 nitrogen and oxygen atoms in total. The molecule has 1 aliphatic heterocycles. The summed E-state index contributed by atoms with van der Waals surface area (Å²) in [5, 5.41) is 2.33. The van der Waals surface area contributed by atoms with Gasteiger partial charge in [0.2, 0.25) is 0 Å². The summed E-state index contributed by atoms with van der Waals surface area (Å²) in [6.07, 6.45) is 8.99. The highest BCUT2D eigenvalue weighted by Crippen LogP contribution is 2.29. The molecule has 15 heavy (non-hydrogen) atoms. The van der Waals surface area contributed by atoms with Crippen molar-refractivity contribution >= 4 is 18.0 Å². The first-order valence-corrected chi connectivity index (χ1v) is 5.92. The number of benzene rings is 1. The zero-order chi connectivity index (χ0) is 10.1. The molecular weight excluding hydrogens is 202 g/mol. The van der Waals surface area contributed by atoms with Crippen molar-refractivity contribution in [1.82, 2.24) is 0 Å². The average molecular weight is 213 g/mol. The maximum Gasteiger partial charge on any atom is 0.0789 e. The molecule has 0 spiro atoms. The molecule has 0 atom stereocenters. The maximum atomic E-state index is 4.55. The predicted octanol–water partition coefficient (Wildman–Crippen LogP) is 2.35. The van der Waals surface area contributed by atoms with Crippen molar-refractivity contribution < 1.29 is 0 Å². The van der Waals surface area contributed by atoms with E-state index in [0.717, 1.165) is 18.2 Å². The van der Waals surface area contributed by atoms with Crippen LogP contribution in [0.15, 0.2) is 51.3 Å². The van der Waals surface area contributed by atoms with Gasteiger partial charge in [0, 0.05) is 22.1 Å². The Balaban J connectivity index is 2.25. The van der Waals surface area contributed by atoms with Crippen LogP contribution in [0.5, 0.6) is 0 Å². The number of rotatable bonds is 0. The number of allylic oxidation sites excluding steroid dienone is 3. The molecule has 0 unspecified atom stereocenters. The second kappa shape index (κ2) is 3.70.